The second kappa shape index (κ2) is 9.18. The maximum atomic E-state index is 12.4. The highest BCUT2D eigenvalue weighted by Gasteiger charge is 2.45. The van der Waals surface area contributed by atoms with Gasteiger partial charge in [-0.2, -0.15) is 0 Å². The van der Waals surface area contributed by atoms with Crippen molar-refractivity contribution in [3.8, 4) is 0 Å². The number of nitro benzene ring substituents is 1. The molecule has 1 aromatic carbocycles. The van der Waals surface area contributed by atoms with Crippen molar-refractivity contribution >= 4 is 23.7 Å². The molecule has 10 heteroatoms. The Balaban J connectivity index is 1.86. The van der Waals surface area contributed by atoms with Crippen LogP contribution in [-0.4, -0.2) is 47.6 Å². The lowest BCUT2D eigenvalue weighted by Crippen LogP contribution is -2.57. The number of nitrogens with zero attached hydrogens (tertiary/aromatic N) is 2. The Morgan fingerprint density at radius 3 is 2.38 bits per heavy atom. The van der Waals surface area contributed by atoms with E-state index in [1.807, 2.05) is 0 Å². The molecule has 0 radical (unpaired) electrons. The van der Waals surface area contributed by atoms with Crippen LogP contribution in [0.1, 0.15) is 26.3 Å². The first kappa shape index (κ1) is 21.9. The van der Waals surface area contributed by atoms with Gasteiger partial charge < -0.3 is 19.1 Å². The van der Waals surface area contributed by atoms with Gasteiger partial charge in [-0.05, 0) is 44.0 Å². The van der Waals surface area contributed by atoms with Crippen LogP contribution in [0.25, 0.3) is 0 Å². The van der Waals surface area contributed by atoms with E-state index in [0.717, 1.165) is 0 Å². The number of carbonyl (C=O) groups excluding carboxylic acids is 3. The van der Waals surface area contributed by atoms with Gasteiger partial charge in [-0.25, -0.2) is 9.59 Å². The molecule has 10 nitrogen and oxygen atoms in total. The first-order chi connectivity index (χ1) is 13.6. The number of amides is 1. The Morgan fingerprint density at radius 2 is 1.90 bits per heavy atom. The van der Waals surface area contributed by atoms with Gasteiger partial charge in [0.2, 0.25) is 5.91 Å². The standard InChI is InChI=1S/C19H22N2O8/c1-11(2)16(18(23)27-4)20-9-15(17(20)22)12(3)29-19(24)28-10-13-5-7-14(8-6-13)21(25)26/h5-8,12,15H,9-10H2,1-4H3. The third-order valence-electron chi connectivity index (χ3n) is 4.44. The molecule has 0 saturated carbocycles. The predicted octanol–water partition coefficient (Wildman–Crippen LogP) is 2.56. The molecule has 1 saturated heterocycles. The van der Waals surface area contributed by atoms with Crippen molar-refractivity contribution < 1.29 is 33.5 Å². The number of allylic oxidation sites excluding steroid dienone is 1. The summed E-state index contributed by atoms with van der Waals surface area (Å²) in [7, 11) is 1.24. The van der Waals surface area contributed by atoms with Crippen molar-refractivity contribution in [3.63, 3.8) is 0 Å². The topological polar surface area (TPSA) is 125 Å². The highest BCUT2D eigenvalue weighted by Crippen LogP contribution is 2.29. The second-order valence-corrected chi connectivity index (χ2v) is 6.68. The lowest BCUT2D eigenvalue weighted by molar-refractivity contribution is -0.384. The average molecular weight is 406 g/mol. The lowest BCUT2D eigenvalue weighted by atomic mass is 9.92. The molecule has 1 heterocycles. The van der Waals surface area contributed by atoms with E-state index in [-0.39, 0.29) is 30.4 Å². The number of β-lactam (4-membered cyclic amide) rings is 1. The van der Waals surface area contributed by atoms with Crippen LogP contribution in [0.5, 0.6) is 0 Å². The number of non-ortho nitro benzene ring substituents is 1. The highest BCUT2D eigenvalue weighted by molar-refractivity contribution is 5.98. The number of ether oxygens (including phenoxy) is 3. The van der Waals surface area contributed by atoms with Crippen molar-refractivity contribution in [1.82, 2.24) is 4.90 Å². The monoisotopic (exact) mass is 406 g/mol. The molecule has 29 heavy (non-hydrogen) atoms. The summed E-state index contributed by atoms with van der Waals surface area (Å²) < 4.78 is 14.8. The number of benzene rings is 1. The van der Waals surface area contributed by atoms with E-state index < -0.39 is 29.1 Å². The van der Waals surface area contributed by atoms with Crippen LogP contribution < -0.4 is 0 Å². The Bertz CT molecular complexity index is 842. The summed E-state index contributed by atoms with van der Waals surface area (Å²) in [6.45, 7) is 5.04. The number of esters is 1. The highest BCUT2D eigenvalue weighted by atomic mass is 16.7. The van der Waals surface area contributed by atoms with E-state index in [0.29, 0.717) is 11.1 Å². The number of carbonyl (C=O) groups is 3. The Morgan fingerprint density at radius 1 is 1.28 bits per heavy atom. The van der Waals surface area contributed by atoms with Crippen LogP contribution in [0.15, 0.2) is 35.5 Å². The predicted molar refractivity (Wildman–Crippen MR) is 99.4 cm³/mol. The van der Waals surface area contributed by atoms with Crippen molar-refractivity contribution in [1.29, 1.82) is 0 Å². The molecule has 0 aromatic heterocycles. The van der Waals surface area contributed by atoms with Crippen LogP contribution in [-0.2, 0) is 30.4 Å². The van der Waals surface area contributed by atoms with E-state index in [4.69, 9.17) is 14.2 Å². The van der Waals surface area contributed by atoms with Gasteiger partial charge in [-0.3, -0.25) is 14.9 Å². The summed E-state index contributed by atoms with van der Waals surface area (Å²) in [4.78, 5) is 47.5. The molecule has 1 amide bonds. The van der Waals surface area contributed by atoms with Gasteiger partial charge in [0.05, 0.1) is 18.0 Å². The van der Waals surface area contributed by atoms with E-state index in [2.05, 4.69) is 0 Å². The van der Waals surface area contributed by atoms with Crippen LogP contribution in [0.4, 0.5) is 10.5 Å². The maximum absolute atomic E-state index is 12.4. The molecular formula is C19H22N2O8. The fraction of sp³-hybridized carbons (Fsp3) is 0.421. The number of hydrogen-bond donors (Lipinski definition) is 0. The van der Waals surface area contributed by atoms with Crippen LogP contribution in [0.3, 0.4) is 0 Å². The molecule has 2 atom stereocenters. The van der Waals surface area contributed by atoms with Gasteiger partial charge in [-0.1, -0.05) is 0 Å². The zero-order chi connectivity index (χ0) is 21.7. The van der Waals surface area contributed by atoms with Crippen LogP contribution in [0, 0.1) is 16.0 Å². The van der Waals surface area contributed by atoms with Crippen LogP contribution in [0.2, 0.25) is 0 Å². The number of hydrogen-bond acceptors (Lipinski definition) is 8. The SMILES string of the molecule is COC(=O)C(=C(C)C)N1CC(C(C)OC(=O)OCc2ccc([N+](=O)[O-])cc2)C1=O. The smallest absolute Gasteiger partial charge is 0.464 e. The molecule has 1 fully saturated rings. The first-order valence-corrected chi connectivity index (χ1v) is 8.79. The minimum Gasteiger partial charge on any atom is -0.464 e. The molecule has 2 unspecified atom stereocenters. The third kappa shape index (κ3) is 5.09. The minimum absolute atomic E-state index is 0.0688. The molecule has 156 valence electrons. The molecule has 2 rings (SSSR count). The minimum atomic E-state index is -0.961. The first-order valence-electron chi connectivity index (χ1n) is 8.79. The Hall–Kier alpha value is -3.43. The number of likely N-dealkylation sites (tertiary alicyclic amines) is 1. The number of methoxy groups -OCH3 is 1. The molecule has 1 aromatic rings. The normalized spacial score (nSPS) is 16.3. The second-order valence-electron chi connectivity index (χ2n) is 6.68. The zero-order valence-electron chi connectivity index (χ0n) is 16.5. The van der Waals surface area contributed by atoms with E-state index in [1.54, 1.807) is 20.8 Å². The quantitative estimate of drug-likeness (QED) is 0.222. The molecular weight excluding hydrogens is 384 g/mol. The average Bonchev–Trinajstić information content (AvgIpc) is 2.68. The Labute approximate surface area is 167 Å². The fourth-order valence-corrected chi connectivity index (χ4v) is 2.81. The van der Waals surface area contributed by atoms with Gasteiger partial charge in [0.1, 0.15) is 18.4 Å². The van der Waals surface area contributed by atoms with Crippen molar-refractivity contribution in [2.45, 2.75) is 33.5 Å². The fourth-order valence-electron chi connectivity index (χ4n) is 2.81. The van der Waals surface area contributed by atoms with E-state index >= 15 is 0 Å². The molecule has 0 aliphatic carbocycles. The summed E-state index contributed by atoms with van der Waals surface area (Å²) in [6, 6.07) is 5.54. The van der Waals surface area contributed by atoms with E-state index in [9.17, 15) is 24.5 Å². The molecule has 0 spiro atoms. The lowest BCUT2D eigenvalue weighted by Gasteiger charge is -2.41. The Kier molecular flexibility index (Phi) is 6.92. The number of rotatable bonds is 7. The molecule has 0 N–H and O–H groups in total. The van der Waals surface area contributed by atoms with Gasteiger partial charge >= 0.3 is 12.1 Å². The third-order valence-corrected chi connectivity index (χ3v) is 4.44. The van der Waals surface area contributed by atoms with Crippen molar-refractivity contribution in [2.75, 3.05) is 13.7 Å². The van der Waals surface area contributed by atoms with Gasteiger partial charge in [0.15, 0.2) is 0 Å². The number of nitro groups is 1. The molecule has 1 aliphatic rings. The molecule has 0 bridgehead atoms. The summed E-state index contributed by atoms with van der Waals surface area (Å²) in [5.74, 6) is -1.55. The van der Waals surface area contributed by atoms with Crippen molar-refractivity contribution in [2.24, 2.45) is 5.92 Å². The zero-order valence-corrected chi connectivity index (χ0v) is 16.5. The molecule has 1 aliphatic heterocycles. The largest absolute Gasteiger partial charge is 0.508 e. The van der Waals surface area contributed by atoms with Crippen LogP contribution >= 0.6 is 0 Å². The summed E-state index contributed by atoms with van der Waals surface area (Å²) in [6.07, 6.45) is -1.71. The summed E-state index contributed by atoms with van der Waals surface area (Å²) in [5, 5.41) is 10.6. The van der Waals surface area contributed by atoms with Crippen molar-refractivity contribution in [3.05, 3.63) is 51.2 Å². The van der Waals surface area contributed by atoms with E-state index in [1.165, 1.54) is 36.3 Å². The summed E-state index contributed by atoms with van der Waals surface area (Å²) >= 11 is 0. The van der Waals surface area contributed by atoms with Gasteiger partial charge in [0, 0.05) is 18.7 Å². The van der Waals surface area contributed by atoms with Gasteiger partial charge in [0.25, 0.3) is 5.69 Å². The maximum Gasteiger partial charge on any atom is 0.508 e. The summed E-state index contributed by atoms with van der Waals surface area (Å²) in [5.41, 5.74) is 1.31. The van der Waals surface area contributed by atoms with Gasteiger partial charge in [-0.15, -0.1) is 0 Å².